The number of hydrogen-bond acceptors (Lipinski definition) is 6. The van der Waals surface area contributed by atoms with Crippen molar-refractivity contribution in [1.82, 2.24) is 31.2 Å². The van der Waals surface area contributed by atoms with Crippen LogP contribution in [0.1, 0.15) is 46.4 Å². The van der Waals surface area contributed by atoms with Crippen LogP contribution < -0.4 is 21.3 Å². The normalized spacial score (nSPS) is 11.2. The molecule has 0 aliphatic carbocycles. The summed E-state index contributed by atoms with van der Waals surface area (Å²) < 4.78 is 27.0. The van der Waals surface area contributed by atoms with Crippen molar-refractivity contribution in [2.45, 2.75) is 25.7 Å². The summed E-state index contributed by atoms with van der Waals surface area (Å²) in [6, 6.07) is 8.07. The van der Waals surface area contributed by atoms with Gasteiger partial charge in [0.15, 0.2) is 0 Å². The molecule has 0 fully saturated rings. The molecule has 222 valence electrons. The summed E-state index contributed by atoms with van der Waals surface area (Å²) in [5.74, 6) is -3.79. The minimum absolute atomic E-state index is 0.147. The number of amides is 2. The zero-order valence-electron chi connectivity index (χ0n) is 23.1. The van der Waals surface area contributed by atoms with Crippen molar-refractivity contribution < 1.29 is 28.0 Å². The zero-order chi connectivity index (χ0) is 29.9. The standard InChI is InChI=1S/C30H34F2N6O4/c31-19-5-7-25-21(15-19)23(17-37-25)27(39)29(41)35-13-3-11-33-9-1-2-10-34-12-4-14-36-30(42)28(40)24-18-38-26-8-6-20(32)16-22(24)26/h5-8,15-18,33-34,37-38H,1-4,9-14H2,(H,35,41)(H,36,42). The van der Waals surface area contributed by atoms with Gasteiger partial charge in [-0.15, -0.1) is 0 Å². The zero-order valence-corrected chi connectivity index (χ0v) is 23.1. The molecule has 0 spiro atoms. The molecule has 2 aromatic carbocycles. The van der Waals surface area contributed by atoms with Gasteiger partial charge in [-0.3, -0.25) is 19.2 Å². The molecule has 10 nitrogen and oxygen atoms in total. The molecule has 12 heteroatoms. The third kappa shape index (κ3) is 8.08. The summed E-state index contributed by atoms with van der Waals surface area (Å²) in [5, 5.41) is 12.6. The van der Waals surface area contributed by atoms with Crippen molar-refractivity contribution in [2.24, 2.45) is 0 Å². The van der Waals surface area contributed by atoms with Crippen molar-refractivity contribution in [3.05, 3.63) is 71.6 Å². The molecular weight excluding hydrogens is 546 g/mol. The quantitative estimate of drug-likeness (QED) is 0.0643. The van der Waals surface area contributed by atoms with Crippen molar-refractivity contribution in [3.63, 3.8) is 0 Å². The fourth-order valence-electron chi connectivity index (χ4n) is 4.55. The third-order valence-corrected chi connectivity index (χ3v) is 6.78. The minimum atomic E-state index is -0.719. The summed E-state index contributed by atoms with van der Waals surface area (Å²) in [6.07, 6.45) is 6.05. The van der Waals surface area contributed by atoms with Gasteiger partial charge in [-0.05, 0) is 88.3 Å². The molecule has 0 atom stereocenters. The molecular formula is C30H34F2N6O4. The van der Waals surface area contributed by atoms with Crippen LogP contribution in [0, 0.1) is 11.6 Å². The molecule has 0 saturated heterocycles. The Hall–Kier alpha value is -4.42. The number of H-pyrrole nitrogens is 2. The van der Waals surface area contributed by atoms with Gasteiger partial charge in [0.05, 0.1) is 11.1 Å². The molecule has 42 heavy (non-hydrogen) atoms. The fraction of sp³-hybridized carbons (Fsp3) is 0.333. The first-order valence-corrected chi connectivity index (χ1v) is 13.9. The van der Waals surface area contributed by atoms with Crippen LogP contribution in [0.15, 0.2) is 48.8 Å². The van der Waals surface area contributed by atoms with E-state index in [-0.39, 0.29) is 11.1 Å². The second kappa shape index (κ2) is 15.0. The van der Waals surface area contributed by atoms with Gasteiger partial charge in [-0.25, -0.2) is 8.78 Å². The number of ketones is 2. The fourth-order valence-corrected chi connectivity index (χ4v) is 4.55. The highest BCUT2D eigenvalue weighted by Crippen LogP contribution is 2.21. The van der Waals surface area contributed by atoms with Gasteiger partial charge in [0.25, 0.3) is 23.4 Å². The van der Waals surface area contributed by atoms with E-state index >= 15 is 0 Å². The lowest BCUT2D eigenvalue weighted by atomic mass is 10.1. The second-order valence-electron chi connectivity index (χ2n) is 9.87. The van der Waals surface area contributed by atoms with E-state index in [1.54, 1.807) is 0 Å². The number of halogens is 2. The first kappa shape index (κ1) is 30.5. The predicted molar refractivity (Wildman–Crippen MR) is 155 cm³/mol. The van der Waals surface area contributed by atoms with E-state index in [1.807, 2.05) is 0 Å². The Balaban J connectivity index is 0.976. The van der Waals surface area contributed by atoms with E-state index in [4.69, 9.17) is 0 Å². The van der Waals surface area contributed by atoms with Crippen molar-refractivity contribution >= 4 is 45.2 Å². The highest BCUT2D eigenvalue weighted by molar-refractivity contribution is 6.45. The molecule has 0 radical (unpaired) electrons. The predicted octanol–water partition coefficient (Wildman–Crippen LogP) is 2.97. The van der Waals surface area contributed by atoms with Crippen molar-refractivity contribution in [1.29, 1.82) is 0 Å². The maximum absolute atomic E-state index is 13.5. The van der Waals surface area contributed by atoms with Crippen LogP contribution >= 0.6 is 0 Å². The number of unbranched alkanes of at least 4 members (excludes halogenated alkanes) is 1. The van der Waals surface area contributed by atoms with E-state index in [0.29, 0.717) is 60.8 Å². The molecule has 0 bridgehead atoms. The SMILES string of the molecule is O=C(NCCCNCCCCNCCCNC(=O)C(=O)c1c[nH]c2ccc(F)cc12)C(=O)c1c[nH]c2ccc(F)cc12. The number of aromatic nitrogens is 2. The van der Waals surface area contributed by atoms with Gasteiger partial charge >= 0.3 is 0 Å². The van der Waals surface area contributed by atoms with E-state index in [0.717, 1.165) is 25.9 Å². The van der Waals surface area contributed by atoms with Gasteiger partial charge < -0.3 is 31.2 Å². The van der Waals surface area contributed by atoms with E-state index in [2.05, 4.69) is 31.2 Å². The van der Waals surface area contributed by atoms with Gasteiger partial charge in [0.2, 0.25) is 0 Å². The molecule has 4 aromatic rings. The number of aromatic amines is 2. The van der Waals surface area contributed by atoms with Gasteiger partial charge in [0.1, 0.15) is 11.6 Å². The lowest BCUT2D eigenvalue weighted by Crippen LogP contribution is -2.33. The lowest BCUT2D eigenvalue weighted by molar-refractivity contribution is -0.117. The number of fused-ring (bicyclic) bond motifs is 2. The first-order valence-electron chi connectivity index (χ1n) is 13.9. The number of hydrogen-bond donors (Lipinski definition) is 6. The molecule has 0 aliphatic heterocycles. The minimum Gasteiger partial charge on any atom is -0.360 e. The summed E-state index contributed by atoms with van der Waals surface area (Å²) in [4.78, 5) is 54.9. The average Bonchev–Trinajstić information content (AvgIpc) is 3.59. The molecule has 2 aromatic heterocycles. The summed E-state index contributed by atoms with van der Waals surface area (Å²) in [5.41, 5.74) is 1.47. The monoisotopic (exact) mass is 580 g/mol. The maximum Gasteiger partial charge on any atom is 0.292 e. The number of carbonyl (C=O) groups is 4. The summed E-state index contributed by atoms with van der Waals surface area (Å²) in [7, 11) is 0. The summed E-state index contributed by atoms with van der Waals surface area (Å²) in [6.45, 7) is 3.69. The van der Waals surface area contributed by atoms with Crippen LogP contribution in [0.5, 0.6) is 0 Å². The smallest absolute Gasteiger partial charge is 0.292 e. The number of benzene rings is 2. The molecule has 0 unspecified atom stereocenters. The summed E-state index contributed by atoms with van der Waals surface area (Å²) >= 11 is 0. The number of carbonyl (C=O) groups excluding carboxylic acids is 4. The van der Waals surface area contributed by atoms with Gasteiger partial charge in [-0.2, -0.15) is 0 Å². The maximum atomic E-state index is 13.5. The molecule has 6 N–H and O–H groups in total. The largest absolute Gasteiger partial charge is 0.360 e. The molecule has 2 heterocycles. The van der Waals surface area contributed by atoms with Crippen molar-refractivity contribution in [3.8, 4) is 0 Å². The van der Waals surface area contributed by atoms with Crippen LogP contribution in [0.2, 0.25) is 0 Å². The molecule has 4 rings (SSSR count). The topological polar surface area (TPSA) is 148 Å². The Kier molecular flexibility index (Phi) is 10.9. The average molecular weight is 581 g/mol. The first-order chi connectivity index (χ1) is 20.3. The highest BCUT2D eigenvalue weighted by atomic mass is 19.1. The third-order valence-electron chi connectivity index (χ3n) is 6.78. The van der Waals surface area contributed by atoms with Crippen LogP contribution in [0.4, 0.5) is 8.78 Å². The van der Waals surface area contributed by atoms with E-state index in [9.17, 15) is 28.0 Å². The van der Waals surface area contributed by atoms with Gasteiger partial charge in [-0.1, -0.05) is 0 Å². The molecule has 0 saturated carbocycles. The Morgan fingerprint density at radius 3 is 1.40 bits per heavy atom. The van der Waals surface area contributed by atoms with Crippen LogP contribution in [-0.2, 0) is 9.59 Å². The van der Waals surface area contributed by atoms with E-state index < -0.39 is 35.0 Å². The van der Waals surface area contributed by atoms with E-state index in [1.165, 1.54) is 48.8 Å². The van der Waals surface area contributed by atoms with Crippen molar-refractivity contribution in [2.75, 3.05) is 39.3 Å². The Morgan fingerprint density at radius 2 is 0.976 bits per heavy atom. The van der Waals surface area contributed by atoms with Crippen LogP contribution in [0.3, 0.4) is 0 Å². The molecule has 2 amide bonds. The lowest BCUT2D eigenvalue weighted by Gasteiger charge is -2.08. The Labute approximate surface area is 241 Å². The van der Waals surface area contributed by atoms with Crippen LogP contribution in [0.25, 0.3) is 21.8 Å². The highest BCUT2D eigenvalue weighted by Gasteiger charge is 2.21. The van der Waals surface area contributed by atoms with Crippen LogP contribution in [-0.4, -0.2) is 72.6 Å². The number of Topliss-reactive ketones (excluding diaryl/α,β-unsaturated/α-hetero) is 2. The Bertz CT molecular complexity index is 1450. The number of rotatable bonds is 17. The van der Waals surface area contributed by atoms with Gasteiger partial charge in [0, 0.05) is 47.3 Å². The molecule has 0 aliphatic rings. The number of nitrogens with one attached hydrogen (secondary N) is 6. The Morgan fingerprint density at radius 1 is 0.571 bits per heavy atom. The second-order valence-corrected chi connectivity index (χ2v) is 9.87.